The molecule has 3 amide bonds. The van der Waals surface area contributed by atoms with Crippen molar-refractivity contribution in [1.82, 2.24) is 20.9 Å². The maximum atomic E-state index is 13.2. The van der Waals surface area contributed by atoms with Crippen LogP contribution in [0.1, 0.15) is 52.0 Å². The van der Waals surface area contributed by atoms with E-state index >= 15 is 0 Å². The van der Waals surface area contributed by atoms with E-state index in [4.69, 9.17) is 11.5 Å². The SMILES string of the molecule is CCC(C)C(NC(=O)C(NC(=O)C(CCCCN)NC(=O)C(N)Cc1c[nH]c2ccccc12)C(C)O)C(=O)O. The molecule has 0 aliphatic heterocycles. The number of aliphatic hydroxyl groups is 1. The summed E-state index contributed by atoms with van der Waals surface area (Å²) >= 11 is 0. The predicted molar refractivity (Wildman–Crippen MR) is 147 cm³/mol. The molecule has 12 heteroatoms. The normalized spacial score (nSPS) is 15.9. The van der Waals surface area contributed by atoms with Crippen molar-refractivity contribution >= 4 is 34.6 Å². The molecule has 0 saturated heterocycles. The van der Waals surface area contributed by atoms with Crippen LogP contribution in [0.5, 0.6) is 0 Å². The van der Waals surface area contributed by atoms with E-state index in [1.54, 1.807) is 20.0 Å². The summed E-state index contributed by atoms with van der Waals surface area (Å²) < 4.78 is 0. The number of amides is 3. The van der Waals surface area contributed by atoms with Crippen LogP contribution in [0.15, 0.2) is 30.5 Å². The molecule has 0 bridgehead atoms. The third kappa shape index (κ3) is 9.05. The van der Waals surface area contributed by atoms with Gasteiger partial charge in [-0.25, -0.2) is 4.79 Å². The number of hydrogen-bond donors (Lipinski definition) is 8. The number of unbranched alkanes of at least 4 members (excludes halogenated alkanes) is 1. The summed E-state index contributed by atoms with van der Waals surface area (Å²) in [5.41, 5.74) is 13.5. The Balaban J connectivity index is 2.13. The average molecular weight is 547 g/mol. The first-order valence-corrected chi connectivity index (χ1v) is 13.3. The first-order valence-electron chi connectivity index (χ1n) is 13.3. The molecule has 1 heterocycles. The minimum absolute atomic E-state index is 0.230. The highest BCUT2D eigenvalue weighted by molar-refractivity contribution is 5.94. The molecule has 0 aliphatic rings. The van der Waals surface area contributed by atoms with E-state index in [1.807, 2.05) is 24.3 Å². The van der Waals surface area contributed by atoms with Gasteiger partial charge in [0.15, 0.2) is 0 Å². The highest BCUT2D eigenvalue weighted by Crippen LogP contribution is 2.19. The number of rotatable bonds is 16. The second-order valence-corrected chi connectivity index (χ2v) is 9.95. The molecule has 1 aromatic heterocycles. The number of carbonyl (C=O) groups excluding carboxylic acids is 3. The molecule has 2 rings (SSSR count). The third-order valence-corrected chi connectivity index (χ3v) is 6.87. The lowest BCUT2D eigenvalue weighted by molar-refractivity contribution is -0.144. The molecule has 216 valence electrons. The number of nitrogens with one attached hydrogen (secondary N) is 4. The topological polar surface area (TPSA) is 213 Å². The van der Waals surface area contributed by atoms with Crippen LogP contribution in [-0.4, -0.2) is 75.7 Å². The van der Waals surface area contributed by atoms with Crippen LogP contribution in [0.3, 0.4) is 0 Å². The minimum Gasteiger partial charge on any atom is -0.480 e. The lowest BCUT2D eigenvalue weighted by Gasteiger charge is -2.27. The Morgan fingerprint density at radius 1 is 0.974 bits per heavy atom. The minimum atomic E-state index is -1.43. The molecular weight excluding hydrogens is 504 g/mol. The van der Waals surface area contributed by atoms with Gasteiger partial charge in [-0.15, -0.1) is 0 Å². The van der Waals surface area contributed by atoms with Crippen LogP contribution in [-0.2, 0) is 25.6 Å². The summed E-state index contributed by atoms with van der Waals surface area (Å²) in [6.07, 6.45) is 2.55. The van der Waals surface area contributed by atoms with Crippen LogP contribution in [0, 0.1) is 5.92 Å². The molecule has 6 atom stereocenters. The van der Waals surface area contributed by atoms with Crippen molar-refractivity contribution in [3.63, 3.8) is 0 Å². The van der Waals surface area contributed by atoms with Gasteiger partial charge in [0.1, 0.15) is 18.1 Å². The average Bonchev–Trinajstić information content (AvgIpc) is 3.31. The predicted octanol–water partition coefficient (Wildman–Crippen LogP) is 0.133. The van der Waals surface area contributed by atoms with Crippen LogP contribution in [0.2, 0.25) is 0 Å². The van der Waals surface area contributed by atoms with Crippen molar-refractivity contribution < 1.29 is 29.4 Å². The van der Waals surface area contributed by atoms with Crippen molar-refractivity contribution in [3.8, 4) is 0 Å². The van der Waals surface area contributed by atoms with E-state index in [2.05, 4.69) is 20.9 Å². The van der Waals surface area contributed by atoms with Gasteiger partial charge < -0.3 is 42.6 Å². The number of nitrogens with two attached hydrogens (primary N) is 2. The number of carboxylic acids is 1. The van der Waals surface area contributed by atoms with Crippen molar-refractivity contribution in [2.75, 3.05) is 6.54 Å². The Kier molecular flexibility index (Phi) is 12.4. The molecule has 1 aromatic carbocycles. The monoisotopic (exact) mass is 546 g/mol. The number of benzene rings is 1. The molecule has 0 radical (unpaired) electrons. The van der Waals surface area contributed by atoms with Gasteiger partial charge in [-0.2, -0.15) is 0 Å². The molecular formula is C27H42N6O6. The number of aromatic nitrogens is 1. The summed E-state index contributed by atoms with van der Waals surface area (Å²) in [6.45, 7) is 5.17. The quantitative estimate of drug-likeness (QED) is 0.135. The highest BCUT2D eigenvalue weighted by atomic mass is 16.4. The van der Waals surface area contributed by atoms with Gasteiger partial charge in [-0.05, 0) is 56.7 Å². The Morgan fingerprint density at radius 3 is 2.26 bits per heavy atom. The van der Waals surface area contributed by atoms with Crippen LogP contribution < -0.4 is 27.4 Å². The number of para-hydroxylation sites is 1. The number of H-pyrrole nitrogens is 1. The van der Waals surface area contributed by atoms with E-state index in [9.17, 15) is 29.4 Å². The van der Waals surface area contributed by atoms with Gasteiger partial charge in [-0.1, -0.05) is 38.5 Å². The largest absolute Gasteiger partial charge is 0.480 e. The number of aromatic amines is 1. The fourth-order valence-electron chi connectivity index (χ4n) is 4.26. The number of fused-ring (bicyclic) bond motifs is 1. The Labute approximate surface area is 228 Å². The Hall–Kier alpha value is -3.48. The van der Waals surface area contributed by atoms with Crippen molar-refractivity contribution in [2.24, 2.45) is 17.4 Å². The molecule has 0 fully saturated rings. The molecule has 0 aliphatic carbocycles. The van der Waals surface area contributed by atoms with Crippen molar-refractivity contribution in [2.45, 2.75) is 83.1 Å². The van der Waals surface area contributed by atoms with Crippen molar-refractivity contribution in [1.29, 1.82) is 0 Å². The Bertz CT molecular complexity index is 1120. The summed E-state index contributed by atoms with van der Waals surface area (Å²) in [7, 11) is 0. The van der Waals surface area contributed by atoms with E-state index in [0.717, 1.165) is 16.5 Å². The molecule has 0 saturated carbocycles. The molecule has 12 nitrogen and oxygen atoms in total. The van der Waals surface area contributed by atoms with Gasteiger partial charge in [0.2, 0.25) is 17.7 Å². The smallest absolute Gasteiger partial charge is 0.326 e. The molecule has 10 N–H and O–H groups in total. The van der Waals surface area contributed by atoms with Crippen LogP contribution >= 0.6 is 0 Å². The number of carboxylic acid groups (broad SMARTS) is 1. The summed E-state index contributed by atoms with van der Waals surface area (Å²) in [5.74, 6) is -3.68. The second kappa shape index (κ2) is 15.2. The van der Waals surface area contributed by atoms with Crippen LogP contribution in [0.4, 0.5) is 0 Å². The molecule has 39 heavy (non-hydrogen) atoms. The van der Waals surface area contributed by atoms with E-state index < -0.39 is 54.0 Å². The summed E-state index contributed by atoms with van der Waals surface area (Å²) in [6, 6.07) is 3.01. The number of carbonyl (C=O) groups is 4. The molecule has 0 spiro atoms. The number of aliphatic hydroxyl groups excluding tert-OH is 1. The van der Waals surface area contributed by atoms with E-state index in [1.165, 1.54) is 6.92 Å². The van der Waals surface area contributed by atoms with Gasteiger partial charge >= 0.3 is 5.97 Å². The summed E-state index contributed by atoms with van der Waals surface area (Å²) in [4.78, 5) is 53.9. The first-order chi connectivity index (χ1) is 18.5. The maximum Gasteiger partial charge on any atom is 0.326 e. The lowest BCUT2D eigenvalue weighted by Crippen LogP contribution is -2.60. The van der Waals surface area contributed by atoms with Crippen molar-refractivity contribution in [3.05, 3.63) is 36.0 Å². The third-order valence-electron chi connectivity index (χ3n) is 6.87. The zero-order valence-corrected chi connectivity index (χ0v) is 22.8. The second-order valence-electron chi connectivity index (χ2n) is 9.95. The Morgan fingerprint density at radius 2 is 1.64 bits per heavy atom. The highest BCUT2D eigenvalue weighted by Gasteiger charge is 2.34. The summed E-state index contributed by atoms with van der Waals surface area (Å²) in [5, 5.41) is 28.2. The number of aliphatic carboxylic acids is 1. The van der Waals surface area contributed by atoms with Gasteiger partial charge in [0, 0.05) is 17.1 Å². The molecule has 6 unspecified atom stereocenters. The maximum absolute atomic E-state index is 13.2. The number of hydrogen-bond acceptors (Lipinski definition) is 7. The van der Waals surface area contributed by atoms with Gasteiger partial charge in [0.05, 0.1) is 12.1 Å². The van der Waals surface area contributed by atoms with E-state index in [-0.39, 0.29) is 18.8 Å². The van der Waals surface area contributed by atoms with Gasteiger partial charge in [-0.3, -0.25) is 14.4 Å². The fraction of sp³-hybridized carbons (Fsp3) is 0.556. The molecule has 2 aromatic rings. The van der Waals surface area contributed by atoms with Crippen LogP contribution in [0.25, 0.3) is 10.9 Å². The zero-order valence-electron chi connectivity index (χ0n) is 22.8. The lowest BCUT2D eigenvalue weighted by atomic mass is 9.98. The van der Waals surface area contributed by atoms with E-state index in [0.29, 0.717) is 25.8 Å². The van der Waals surface area contributed by atoms with Gasteiger partial charge in [0.25, 0.3) is 0 Å². The zero-order chi connectivity index (χ0) is 29.1. The first kappa shape index (κ1) is 31.7. The fourth-order valence-corrected chi connectivity index (χ4v) is 4.26. The standard InChI is InChI=1S/C27H42N6O6/c1-4-15(2)22(27(38)39)32-26(37)23(16(3)34)33-25(36)21(11-7-8-12-28)31-24(35)19(29)13-17-14-30-20-10-6-5-9-18(17)20/h5-6,9-10,14-16,19,21-23,30,34H,4,7-8,11-13,28-29H2,1-3H3,(H,31,35)(H,32,37)(H,33,36)(H,38,39).